The quantitative estimate of drug-likeness (QED) is 0.383. The summed E-state index contributed by atoms with van der Waals surface area (Å²) in [7, 11) is 0. The second-order valence-corrected chi connectivity index (χ2v) is 9.36. The first-order chi connectivity index (χ1) is 19.4. The predicted octanol–water partition coefficient (Wildman–Crippen LogP) is 1.18. The van der Waals surface area contributed by atoms with Gasteiger partial charge in [0.15, 0.2) is 5.69 Å². The molecule has 2 aromatic rings. The number of carboxylic acids is 1. The Morgan fingerprint density at radius 2 is 1.85 bits per heavy atom. The first kappa shape index (κ1) is 29.3. The normalized spacial score (nSPS) is 18.5. The summed E-state index contributed by atoms with van der Waals surface area (Å²) in [5.74, 6) is -4.06. The summed E-state index contributed by atoms with van der Waals surface area (Å²) in [6.07, 6.45) is -1.59. The van der Waals surface area contributed by atoms with Crippen molar-refractivity contribution in [3.63, 3.8) is 0 Å². The fourth-order valence-corrected chi connectivity index (χ4v) is 4.49. The largest absolute Gasteiger partial charge is 0.490 e. The van der Waals surface area contributed by atoms with Crippen LogP contribution >= 0.6 is 0 Å². The van der Waals surface area contributed by atoms with Gasteiger partial charge >= 0.3 is 12.1 Å². The molecular weight excluding hydrogens is 549 g/mol. The van der Waals surface area contributed by atoms with Gasteiger partial charge in [-0.15, -0.1) is 5.10 Å². The molecule has 0 saturated carbocycles. The molecule has 1 atom stereocenters. The van der Waals surface area contributed by atoms with Gasteiger partial charge in [-0.3, -0.25) is 24.5 Å². The fourth-order valence-electron chi connectivity index (χ4n) is 4.49. The molecule has 0 spiro atoms. The fraction of sp³-hybridized carbons (Fsp3) is 0.346. The molecule has 1 aromatic heterocycles. The smallest absolute Gasteiger partial charge is 0.475 e. The van der Waals surface area contributed by atoms with Crippen LogP contribution in [0, 0.1) is 0 Å². The van der Waals surface area contributed by atoms with Crippen molar-refractivity contribution >= 4 is 35.2 Å². The average Bonchev–Trinajstić information content (AvgIpc) is 3.27. The number of benzene rings is 1. The van der Waals surface area contributed by atoms with Crippen molar-refractivity contribution in [2.24, 2.45) is 0 Å². The van der Waals surface area contributed by atoms with E-state index >= 15 is 0 Å². The Hall–Kier alpha value is -4.66. The molecule has 1 saturated heterocycles. The summed E-state index contributed by atoms with van der Waals surface area (Å²) in [6.45, 7) is 2.25. The van der Waals surface area contributed by atoms with E-state index in [0.29, 0.717) is 18.5 Å². The van der Waals surface area contributed by atoms with E-state index < -0.39 is 24.1 Å². The number of carboxylic acid groups (broad SMARTS) is 1. The highest BCUT2D eigenvalue weighted by Crippen LogP contribution is 2.28. The average molecular weight is 575 g/mol. The monoisotopic (exact) mass is 574 g/mol. The number of carbonyl (C=O) groups is 5. The Bertz CT molecular complexity index is 1410. The Morgan fingerprint density at radius 1 is 1.10 bits per heavy atom. The van der Waals surface area contributed by atoms with Crippen molar-refractivity contribution < 1.29 is 42.3 Å². The van der Waals surface area contributed by atoms with E-state index in [1.165, 1.54) is 4.90 Å². The Labute approximate surface area is 231 Å². The van der Waals surface area contributed by atoms with Gasteiger partial charge in [0.1, 0.15) is 6.04 Å². The molecule has 3 aliphatic rings. The standard InChI is InChI=1S/C24H24N6O4.C2HF3O2/c31-21-6-5-20(23(33)27-21)30-13-16-11-14(1-2-17(16)24(30)34)12-26-22(32)19-4-3-18(28-29-19)15-7-9-25-10-8-15;3-2(4,5)1(6)7/h1-4,7,11,20,25H,5-6,8-10,12-13H2,(H,26,32)(H,27,31,33);(H,6,7). The zero-order valence-corrected chi connectivity index (χ0v) is 21.5. The molecule has 0 radical (unpaired) electrons. The summed E-state index contributed by atoms with van der Waals surface area (Å²) in [4.78, 5) is 59.3. The Kier molecular flexibility index (Phi) is 8.76. The van der Waals surface area contributed by atoms with Crippen LogP contribution in [0.2, 0.25) is 0 Å². The SMILES string of the molecule is O=C(O)C(F)(F)F.O=C1CCC(N2Cc3cc(CNC(=O)c4ccc(C5=CCNCC5)nn4)ccc3C2=O)C(=O)N1. The van der Waals surface area contributed by atoms with Gasteiger partial charge in [0.25, 0.3) is 11.8 Å². The number of carbonyl (C=O) groups excluding carboxylic acids is 4. The van der Waals surface area contributed by atoms with E-state index in [9.17, 15) is 32.3 Å². The number of rotatable bonds is 5. The third-order valence-electron chi connectivity index (χ3n) is 6.57. The van der Waals surface area contributed by atoms with Crippen LogP contribution in [-0.4, -0.2) is 75.1 Å². The number of imide groups is 1. The highest BCUT2D eigenvalue weighted by atomic mass is 19.4. The van der Waals surface area contributed by atoms with Crippen molar-refractivity contribution in [3.8, 4) is 0 Å². The second kappa shape index (κ2) is 12.2. The number of piperidine rings is 1. The van der Waals surface area contributed by atoms with Crippen LogP contribution in [0.3, 0.4) is 0 Å². The number of alkyl halides is 3. The molecule has 4 heterocycles. The van der Waals surface area contributed by atoms with Gasteiger partial charge in [0.05, 0.1) is 5.69 Å². The van der Waals surface area contributed by atoms with Crippen molar-refractivity contribution in [1.29, 1.82) is 0 Å². The molecule has 3 aliphatic heterocycles. The minimum Gasteiger partial charge on any atom is -0.475 e. The van der Waals surface area contributed by atoms with Crippen LogP contribution in [0.1, 0.15) is 56.9 Å². The molecule has 4 amide bonds. The number of fused-ring (bicyclic) bond motifs is 1. The lowest BCUT2D eigenvalue weighted by molar-refractivity contribution is -0.192. The van der Waals surface area contributed by atoms with Gasteiger partial charge in [0.2, 0.25) is 11.8 Å². The van der Waals surface area contributed by atoms with Crippen LogP contribution in [0.5, 0.6) is 0 Å². The van der Waals surface area contributed by atoms with E-state index in [-0.39, 0.29) is 36.4 Å². The van der Waals surface area contributed by atoms with E-state index in [1.54, 1.807) is 18.2 Å². The maximum Gasteiger partial charge on any atom is 0.490 e. The molecule has 12 nitrogen and oxygen atoms in total. The molecule has 0 bridgehead atoms. The predicted molar refractivity (Wildman–Crippen MR) is 135 cm³/mol. The van der Waals surface area contributed by atoms with Gasteiger partial charge in [0, 0.05) is 31.6 Å². The topological polar surface area (TPSA) is 171 Å². The number of nitrogens with zero attached hydrogens (tertiary/aromatic N) is 3. The van der Waals surface area contributed by atoms with Gasteiger partial charge in [-0.05, 0) is 54.3 Å². The number of hydrogen-bond acceptors (Lipinski definition) is 8. The number of aromatic nitrogens is 2. The highest BCUT2D eigenvalue weighted by Gasteiger charge is 2.39. The molecule has 1 fully saturated rings. The molecule has 5 rings (SSSR count). The first-order valence-electron chi connectivity index (χ1n) is 12.5. The maximum atomic E-state index is 12.8. The summed E-state index contributed by atoms with van der Waals surface area (Å²) in [6, 6.07) is 8.18. The zero-order valence-electron chi connectivity index (χ0n) is 21.5. The Morgan fingerprint density at radius 3 is 2.46 bits per heavy atom. The van der Waals surface area contributed by atoms with Crippen LogP contribution in [0.25, 0.3) is 5.57 Å². The third-order valence-corrected chi connectivity index (χ3v) is 6.57. The summed E-state index contributed by atoms with van der Waals surface area (Å²) in [5.41, 5.74) is 4.29. The van der Waals surface area contributed by atoms with Gasteiger partial charge in [-0.25, -0.2) is 4.79 Å². The second-order valence-electron chi connectivity index (χ2n) is 9.36. The van der Waals surface area contributed by atoms with Crippen molar-refractivity contribution in [3.05, 3.63) is 64.5 Å². The van der Waals surface area contributed by atoms with Crippen LogP contribution in [0.15, 0.2) is 36.4 Å². The molecule has 216 valence electrons. The molecule has 0 aliphatic carbocycles. The summed E-state index contributed by atoms with van der Waals surface area (Å²) >= 11 is 0. The van der Waals surface area contributed by atoms with Crippen LogP contribution in [0.4, 0.5) is 13.2 Å². The molecule has 4 N–H and O–H groups in total. The first-order valence-corrected chi connectivity index (χ1v) is 12.5. The third kappa shape index (κ3) is 7.11. The van der Waals surface area contributed by atoms with Gasteiger partial charge in [-0.1, -0.05) is 18.2 Å². The van der Waals surface area contributed by atoms with E-state index in [0.717, 1.165) is 41.9 Å². The van der Waals surface area contributed by atoms with E-state index in [4.69, 9.17) is 9.90 Å². The van der Waals surface area contributed by atoms with Crippen molar-refractivity contribution in [2.45, 2.75) is 44.6 Å². The number of aliphatic carboxylic acids is 1. The Balaban J connectivity index is 0.000000493. The van der Waals surface area contributed by atoms with E-state index in [2.05, 4.69) is 32.2 Å². The number of nitrogens with one attached hydrogen (secondary N) is 3. The molecule has 1 unspecified atom stereocenters. The molecule has 1 aromatic carbocycles. The summed E-state index contributed by atoms with van der Waals surface area (Å²) in [5, 5.41) is 23.8. The van der Waals surface area contributed by atoms with Crippen molar-refractivity contribution in [2.75, 3.05) is 13.1 Å². The molecule has 41 heavy (non-hydrogen) atoms. The zero-order chi connectivity index (χ0) is 29.7. The maximum absolute atomic E-state index is 12.8. The number of hydrogen-bond donors (Lipinski definition) is 4. The number of amides is 4. The van der Waals surface area contributed by atoms with Crippen LogP contribution in [-0.2, 0) is 27.5 Å². The lowest BCUT2D eigenvalue weighted by Gasteiger charge is -2.29. The summed E-state index contributed by atoms with van der Waals surface area (Å²) < 4.78 is 31.7. The van der Waals surface area contributed by atoms with E-state index in [1.807, 2.05) is 12.1 Å². The number of halogens is 3. The van der Waals surface area contributed by atoms with Gasteiger partial charge < -0.3 is 20.6 Å². The highest BCUT2D eigenvalue weighted by molar-refractivity contribution is 6.05. The molecular formula is C26H25F3N6O6. The van der Waals surface area contributed by atoms with Crippen LogP contribution < -0.4 is 16.0 Å². The van der Waals surface area contributed by atoms with Gasteiger partial charge in [-0.2, -0.15) is 18.3 Å². The minimum absolute atomic E-state index is 0.215. The minimum atomic E-state index is -5.08. The van der Waals surface area contributed by atoms with Crippen molar-refractivity contribution in [1.82, 2.24) is 31.0 Å². The molecule has 15 heteroatoms. The lowest BCUT2D eigenvalue weighted by Crippen LogP contribution is -2.52. The lowest BCUT2D eigenvalue weighted by atomic mass is 10.0.